The van der Waals surface area contributed by atoms with Crippen molar-refractivity contribution in [2.24, 2.45) is 0 Å². The minimum atomic E-state index is -1.14. The maximum absolute atomic E-state index is 12.5. The first kappa shape index (κ1) is 26.6. The largest absolute Gasteiger partial charge is 0.479 e. The number of carbonyl (C=O) groups is 1. The van der Waals surface area contributed by atoms with Gasteiger partial charge in [-0.15, -0.1) is 0 Å². The number of hydrogen-bond donors (Lipinski definition) is 1. The average Bonchev–Trinajstić information content (AvgIpc) is 3.31. The van der Waals surface area contributed by atoms with Crippen molar-refractivity contribution in [2.75, 3.05) is 24.6 Å². The molecule has 8 heteroatoms. The third-order valence-electron chi connectivity index (χ3n) is 6.52. The Bertz CT molecular complexity index is 1450. The van der Waals surface area contributed by atoms with Crippen LogP contribution in [-0.2, 0) is 14.3 Å². The number of thiazole rings is 1. The molecule has 0 bridgehead atoms. The minimum absolute atomic E-state index is 0.0402. The van der Waals surface area contributed by atoms with E-state index in [4.69, 9.17) is 26.1 Å². The smallest absolute Gasteiger partial charge is 0.337 e. The summed E-state index contributed by atoms with van der Waals surface area (Å²) in [6.07, 6.45) is -1.18. The number of aromatic nitrogens is 1. The van der Waals surface area contributed by atoms with Gasteiger partial charge in [-0.3, -0.25) is 0 Å². The summed E-state index contributed by atoms with van der Waals surface area (Å²) in [5.74, 6) is -1.03. The van der Waals surface area contributed by atoms with E-state index in [0.717, 1.165) is 44.1 Å². The molecule has 1 aliphatic rings. The summed E-state index contributed by atoms with van der Waals surface area (Å²) in [5.41, 5.74) is 4.48. The molecule has 1 N–H and O–H groups in total. The highest BCUT2D eigenvalue weighted by atomic mass is 35.5. The summed E-state index contributed by atoms with van der Waals surface area (Å²) in [6, 6.07) is 19.7. The molecule has 1 saturated heterocycles. The Balaban J connectivity index is 1.64. The van der Waals surface area contributed by atoms with Crippen molar-refractivity contribution < 1.29 is 19.4 Å². The molecule has 0 saturated carbocycles. The second-order valence-electron chi connectivity index (χ2n) is 10.5. The summed E-state index contributed by atoms with van der Waals surface area (Å²) in [6.45, 7) is 9.55. The predicted octanol–water partition coefficient (Wildman–Crippen LogP) is 7.44. The molecule has 1 unspecified atom stereocenters. The Kier molecular flexibility index (Phi) is 7.47. The molecule has 3 aromatic carbocycles. The van der Waals surface area contributed by atoms with Crippen molar-refractivity contribution in [3.63, 3.8) is 0 Å². The fourth-order valence-corrected chi connectivity index (χ4v) is 6.14. The van der Waals surface area contributed by atoms with E-state index in [1.54, 1.807) is 11.3 Å². The molecule has 38 heavy (non-hydrogen) atoms. The molecule has 0 aliphatic carbocycles. The van der Waals surface area contributed by atoms with Gasteiger partial charge in [-0.2, -0.15) is 0 Å². The third-order valence-corrected chi connectivity index (χ3v) is 7.92. The molecule has 1 aliphatic heterocycles. The Morgan fingerprint density at radius 3 is 2.55 bits per heavy atom. The SMILES string of the molecule is Cc1cc2nc(N3CCOC(c4ccccc4)C3)sc2c(-c2ccc(Cl)cc2)c1[C@H](OC(C)(C)C)C(=O)O. The number of benzene rings is 3. The number of nitrogens with zero attached hydrogens (tertiary/aromatic N) is 2. The number of ether oxygens (including phenoxy) is 2. The monoisotopic (exact) mass is 550 g/mol. The lowest BCUT2D eigenvalue weighted by atomic mass is 9.91. The molecule has 5 rings (SSSR count). The van der Waals surface area contributed by atoms with Crippen LogP contribution in [-0.4, -0.2) is 41.4 Å². The third kappa shape index (κ3) is 5.57. The zero-order valence-electron chi connectivity index (χ0n) is 21.9. The van der Waals surface area contributed by atoms with Crippen molar-refractivity contribution in [1.29, 1.82) is 0 Å². The molecular formula is C30H31ClN2O4S. The van der Waals surface area contributed by atoms with E-state index in [1.165, 1.54) is 0 Å². The maximum Gasteiger partial charge on any atom is 0.337 e. The van der Waals surface area contributed by atoms with Crippen molar-refractivity contribution in [2.45, 2.75) is 45.5 Å². The maximum atomic E-state index is 12.5. The Labute approximate surface area is 231 Å². The first-order valence-corrected chi connectivity index (χ1v) is 13.8. The fourth-order valence-electron chi connectivity index (χ4n) is 4.85. The standard InChI is InChI=1S/C30H31ClN2O4S/c1-18-16-22-27(38-29(32-22)33-14-15-36-23(17-33)19-8-6-5-7-9-19)25(20-10-12-21(31)13-11-20)24(18)26(28(34)35)37-30(2,3)4/h5-13,16,23,26H,14-15,17H2,1-4H3,(H,34,35)/t23?,26-/m0/s1. The van der Waals surface area contributed by atoms with E-state index in [0.29, 0.717) is 23.7 Å². The highest BCUT2D eigenvalue weighted by Gasteiger charge is 2.33. The van der Waals surface area contributed by atoms with E-state index in [-0.39, 0.29) is 6.10 Å². The van der Waals surface area contributed by atoms with Crippen molar-refractivity contribution in [1.82, 2.24) is 4.98 Å². The number of aliphatic carboxylic acids is 1. The van der Waals surface area contributed by atoms with Crippen LogP contribution in [0.25, 0.3) is 21.3 Å². The summed E-state index contributed by atoms with van der Waals surface area (Å²) < 4.78 is 13.1. The topological polar surface area (TPSA) is 71.9 Å². The summed E-state index contributed by atoms with van der Waals surface area (Å²) in [4.78, 5) is 19.8. The first-order chi connectivity index (χ1) is 18.1. The van der Waals surface area contributed by atoms with Crippen molar-refractivity contribution >= 4 is 44.3 Å². The highest BCUT2D eigenvalue weighted by molar-refractivity contribution is 7.22. The molecule has 1 fully saturated rings. The molecule has 0 radical (unpaired) electrons. The molecule has 0 spiro atoms. The number of hydrogen-bond acceptors (Lipinski definition) is 6. The lowest BCUT2D eigenvalue weighted by Crippen LogP contribution is -2.38. The lowest BCUT2D eigenvalue weighted by Gasteiger charge is -2.32. The molecule has 2 heterocycles. The number of fused-ring (bicyclic) bond motifs is 1. The Morgan fingerprint density at radius 1 is 1.18 bits per heavy atom. The second-order valence-corrected chi connectivity index (χ2v) is 11.9. The highest BCUT2D eigenvalue weighted by Crippen LogP contribution is 2.44. The van der Waals surface area contributed by atoms with Crippen LogP contribution in [0.5, 0.6) is 0 Å². The van der Waals surface area contributed by atoms with Gasteiger partial charge in [-0.25, -0.2) is 9.78 Å². The van der Waals surface area contributed by atoms with Gasteiger partial charge >= 0.3 is 5.97 Å². The number of carboxylic acids is 1. The zero-order valence-corrected chi connectivity index (χ0v) is 23.5. The van der Waals surface area contributed by atoms with Gasteiger partial charge in [0.25, 0.3) is 0 Å². The van der Waals surface area contributed by atoms with Crippen molar-refractivity contribution in [3.05, 3.63) is 82.4 Å². The van der Waals surface area contributed by atoms with E-state index in [2.05, 4.69) is 17.0 Å². The molecule has 0 amide bonds. The van der Waals surface area contributed by atoms with E-state index >= 15 is 0 Å². The average molecular weight is 551 g/mol. The van der Waals surface area contributed by atoms with Gasteiger partial charge in [0.1, 0.15) is 6.10 Å². The number of anilines is 1. The number of carboxylic acid groups (broad SMARTS) is 1. The van der Waals surface area contributed by atoms with Gasteiger partial charge in [0, 0.05) is 22.7 Å². The molecule has 1 aromatic heterocycles. The van der Waals surface area contributed by atoms with E-state index < -0.39 is 17.7 Å². The van der Waals surface area contributed by atoms with E-state index in [1.807, 2.05) is 76.2 Å². The Hall–Kier alpha value is -2.97. The summed E-state index contributed by atoms with van der Waals surface area (Å²) in [5, 5.41) is 11.8. The number of morpholine rings is 1. The van der Waals surface area contributed by atoms with Crippen LogP contribution in [0.2, 0.25) is 5.02 Å². The molecule has 2 atom stereocenters. The molecular weight excluding hydrogens is 520 g/mol. The predicted molar refractivity (Wildman–Crippen MR) is 153 cm³/mol. The van der Waals surface area contributed by atoms with Gasteiger partial charge in [-0.05, 0) is 62.6 Å². The van der Waals surface area contributed by atoms with Gasteiger partial charge < -0.3 is 19.5 Å². The molecule has 198 valence electrons. The van der Waals surface area contributed by atoms with Crippen molar-refractivity contribution in [3.8, 4) is 11.1 Å². The Morgan fingerprint density at radius 2 is 1.89 bits per heavy atom. The van der Waals surface area contributed by atoms with Gasteiger partial charge in [0.05, 0.1) is 29.0 Å². The first-order valence-electron chi connectivity index (χ1n) is 12.6. The van der Waals surface area contributed by atoms with Crippen LogP contribution in [0, 0.1) is 6.92 Å². The molecule has 6 nitrogen and oxygen atoms in total. The van der Waals surface area contributed by atoms with Crippen LogP contribution >= 0.6 is 22.9 Å². The summed E-state index contributed by atoms with van der Waals surface area (Å²) in [7, 11) is 0. The van der Waals surface area contributed by atoms with Crippen LogP contribution in [0.3, 0.4) is 0 Å². The normalized spacial score (nSPS) is 17.1. The zero-order chi connectivity index (χ0) is 27.0. The number of rotatable bonds is 6. The van der Waals surface area contributed by atoms with Crippen LogP contribution in [0.15, 0.2) is 60.7 Å². The van der Waals surface area contributed by atoms with Crippen LogP contribution < -0.4 is 4.90 Å². The summed E-state index contributed by atoms with van der Waals surface area (Å²) >= 11 is 7.79. The van der Waals surface area contributed by atoms with Gasteiger partial charge in [0.15, 0.2) is 11.2 Å². The van der Waals surface area contributed by atoms with Gasteiger partial charge in [0.2, 0.25) is 0 Å². The minimum Gasteiger partial charge on any atom is -0.479 e. The van der Waals surface area contributed by atoms with E-state index in [9.17, 15) is 9.90 Å². The van der Waals surface area contributed by atoms with Gasteiger partial charge in [-0.1, -0.05) is 65.4 Å². The van der Waals surface area contributed by atoms with Crippen LogP contribution in [0.1, 0.15) is 49.7 Å². The molecule has 4 aromatic rings. The van der Waals surface area contributed by atoms with Crippen LogP contribution in [0.4, 0.5) is 5.13 Å². The number of aryl methyl sites for hydroxylation is 1. The quantitative estimate of drug-likeness (QED) is 0.269. The second kappa shape index (κ2) is 10.7. The number of halogens is 1. The lowest BCUT2D eigenvalue weighted by molar-refractivity contribution is -0.160. The fraction of sp³-hybridized carbons (Fsp3) is 0.333.